The average molecular weight is 499 g/mol. The molecule has 0 radical (unpaired) electrons. The van der Waals surface area contributed by atoms with Crippen LogP contribution in [-0.2, 0) is 4.79 Å². The standard InChI is InChI=1S/C25H32FN6O2P/c1-25(2,26)8-11-30-24(34)31-19(15-27)14-21(35-3)18-7-9-28-20(12-18)17-6-10-29-22(13-17)32-23(33)16-4-5-16/h6-7,9-10,12-16,35H,4-5,8,11,27H2,1-3H3,(H,29,32,33)(H2,30,31,34)/b19-15+,21-14-. The lowest BCUT2D eigenvalue weighted by molar-refractivity contribution is -0.117. The molecule has 0 aromatic carbocycles. The van der Waals surface area contributed by atoms with Gasteiger partial charge in [0.1, 0.15) is 11.5 Å². The predicted octanol–water partition coefficient (Wildman–Crippen LogP) is 4.38. The number of halogens is 1. The van der Waals surface area contributed by atoms with E-state index in [1.807, 2.05) is 30.9 Å². The molecule has 1 atom stereocenters. The number of rotatable bonds is 10. The maximum absolute atomic E-state index is 13.6. The quantitative estimate of drug-likeness (QED) is 0.286. The molecule has 3 amide bonds. The van der Waals surface area contributed by atoms with Crippen LogP contribution in [0.2, 0.25) is 0 Å². The lowest BCUT2D eigenvalue weighted by Gasteiger charge is -2.15. The molecule has 2 aromatic heterocycles. The van der Waals surface area contributed by atoms with Gasteiger partial charge in [-0.3, -0.25) is 9.78 Å². The summed E-state index contributed by atoms with van der Waals surface area (Å²) in [5, 5.41) is 9.16. The van der Waals surface area contributed by atoms with Gasteiger partial charge in [0, 0.05) is 36.6 Å². The summed E-state index contributed by atoms with van der Waals surface area (Å²) in [5.74, 6) is 0.593. The van der Waals surface area contributed by atoms with Gasteiger partial charge in [-0.1, -0.05) is 8.58 Å². The molecule has 10 heteroatoms. The maximum atomic E-state index is 13.6. The van der Waals surface area contributed by atoms with Crippen LogP contribution in [0, 0.1) is 5.92 Å². The minimum Gasteiger partial charge on any atom is -0.403 e. The van der Waals surface area contributed by atoms with Crippen molar-refractivity contribution in [2.24, 2.45) is 11.7 Å². The first-order valence-electron chi connectivity index (χ1n) is 11.5. The summed E-state index contributed by atoms with van der Waals surface area (Å²) in [6, 6.07) is 7.03. The highest BCUT2D eigenvalue weighted by Crippen LogP contribution is 2.33. The van der Waals surface area contributed by atoms with Crippen LogP contribution >= 0.6 is 8.58 Å². The molecule has 2 heterocycles. The number of pyridine rings is 2. The third-order valence-corrected chi connectivity index (χ3v) is 6.31. The van der Waals surface area contributed by atoms with Crippen molar-refractivity contribution in [2.45, 2.75) is 38.8 Å². The number of carbonyl (C=O) groups excluding carboxylic acids is 2. The van der Waals surface area contributed by atoms with Crippen LogP contribution in [0.1, 0.15) is 38.7 Å². The van der Waals surface area contributed by atoms with E-state index in [0.29, 0.717) is 20.1 Å². The second-order valence-electron chi connectivity index (χ2n) is 8.90. The number of allylic oxidation sites excluding steroid dienone is 1. The summed E-state index contributed by atoms with van der Waals surface area (Å²) in [4.78, 5) is 33.0. The number of anilines is 1. The summed E-state index contributed by atoms with van der Waals surface area (Å²) in [5.41, 5.74) is 7.31. The molecule has 2 aromatic rings. The lowest BCUT2D eigenvalue weighted by Crippen LogP contribution is -2.37. The number of amides is 3. The molecule has 1 unspecified atom stereocenters. The van der Waals surface area contributed by atoms with Gasteiger partial charge in [0.25, 0.3) is 0 Å². The molecule has 186 valence electrons. The summed E-state index contributed by atoms with van der Waals surface area (Å²) < 4.78 is 13.6. The first-order chi connectivity index (χ1) is 16.7. The fraction of sp³-hybridized carbons (Fsp3) is 0.360. The summed E-state index contributed by atoms with van der Waals surface area (Å²) in [6.45, 7) is 5.17. The van der Waals surface area contributed by atoms with E-state index in [4.69, 9.17) is 5.73 Å². The van der Waals surface area contributed by atoms with E-state index >= 15 is 0 Å². The van der Waals surface area contributed by atoms with Crippen molar-refractivity contribution in [1.29, 1.82) is 0 Å². The number of nitrogens with two attached hydrogens (primary N) is 1. The number of hydrogen-bond acceptors (Lipinski definition) is 5. The minimum absolute atomic E-state index is 0.000179. The van der Waals surface area contributed by atoms with Crippen LogP contribution < -0.4 is 21.7 Å². The van der Waals surface area contributed by atoms with Gasteiger partial charge in [-0.2, -0.15) is 0 Å². The van der Waals surface area contributed by atoms with E-state index in [1.54, 1.807) is 18.5 Å². The molecule has 5 N–H and O–H groups in total. The Hall–Kier alpha value is -3.32. The minimum atomic E-state index is -1.35. The van der Waals surface area contributed by atoms with Crippen LogP contribution in [-0.4, -0.2) is 40.8 Å². The average Bonchev–Trinajstić information content (AvgIpc) is 3.67. The van der Waals surface area contributed by atoms with Gasteiger partial charge in [-0.05, 0) is 81.0 Å². The van der Waals surface area contributed by atoms with Gasteiger partial charge in [0.05, 0.1) is 11.4 Å². The molecule has 1 aliphatic carbocycles. The van der Waals surface area contributed by atoms with Crippen LogP contribution in [0.4, 0.5) is 15.0 Å². The van der Waals surface area contributed by atoms with Crippen molar-refractivity contribution in [3.63, 3.8) is 0 Å². The highest BCUT2D eigenvalue weighted by molar-refractivity contribution is 7.49. The normalized spacial score (nSPS) is 14.7. The van der Waals surface area contributed by atoms with Gasteiger partial charge in [0.15, 0.2) is 0 Å². The van der Waals surface area contributed by atoms with Crippen molar-refractivity contribution >= 4 is 31.7 Å². The Morgan fingerprint density at radius 3 is 2.63 bits per heavy atom. The zero-order valence-electron chi connectivity index (χ0n) is 20.2. The van der Waals surface area contributed by atoms with E-state index in [0.717, 1.165) is 35.0 Å². The maximum Gasteiger partial charge on any atom is 0.319 e. The second kappa shape index (κ2) is 11.9. The smallest absolute Gasteiger partial charge is 0.319 e. The Morgan fingerprint density at radius 1 is 1.23 bits per heavy atom. The van der Waals surface area contributed by atoms with Crippen molar-refractivity contribution in [1.82, 2.24) is 20.6 Å². The summed E-state index contributed by atoms with van der Waals surface area (Å²) >= 11 is 0. The molecule has 8 nitrogen and oxygen atoms in total. The number of hydrogen-bond donors (Lipinski definition) is 4. The van der Waals surface area contributed by atoms with Gasteiger partial charge < -0.3 is 21.7 Å². The Morgan fingerprint density at radius 2 is 1.97 bits per heavy atom. The van der Waals surface area contributed by atoms with Crippen LogP contribution in [0.15, 0.2) is 54.6 Å². The molecule has 0 spiro atoms. The van der Waals surface area contributed by atoms with Gasteiger partial charge in [0.2, 0.25) is 5.91 Å². The molecule has 35 heavy (non-hydrogen) atoms. The van der Waals surface area contributed by atoms with Crippen molar-refractivity contribution < 1.29 is 14.0 Å². The lowest BCUT2D eigenvalue weighted by atomic mass is 10.1. The molecule has 1 aliphatic rings. The summed E-state index contributed by atoms with van der Waals surface area (Å²) in [6.07, 6.45) is 8.54. The van der Waals surface area contributed by atoms with E-state index in [-0.39, 0.29) is 24.8 Å². The number of alkyl halides is 1. The first kappa shape index (κ1) is 26.3. The Bertz CT molecular complexity index is 1120. The molecule has 3 rings (SSSR count). The monoisotopic (exact) mass is 498 g/mol. The van der Waals surface area contributed by atoms with Gasteiger partial charge >= 0.3 is 6.03 Å². The van der Waals surface area contributed by atoms with E-state index in [9.17, 15) is 14.0 Å². The number of carbonyl (C=O) groups is 2. The number of urea groups is 1. The van der Waals surface area contributed by atoms with E-state index in [1.165, 1.54) is 20.0 Å². The van der Waals surface area contributed by atoms with Crippen LogP contribution in [0.5, 0.6) is 0 Å². The van der Waals surface area contributed by atoms with E-state index < -0.39 is 11.7 Å². The molecular weight excluding hydrogens is 466 g/mol. The van der Waals surface area contributed by atoms with Crippen molar-refractivity contribution in [2.75, 3.05) is 18.5 Å². The van der Waals surface area contributed by atoms with Gasteiger partial charge in [-0.15, -0.1) is 0 Å². The molecule has 1 fully saturated rings. The number of nitrogens with zero attached hydrogens (tertiary/aromatic N) is 2. The number of nitrogens with one attached hydrogen (secondary N) is 3. The molecular formula is C25H32FN6O2P. The topological polar surface area (TPSA) is 122 Å². The Labute approximate surface area is 206 Å². The SMILES string of the molecule is CP/C(=C\C(=C/N)NC(=O)NCCC(C)(C)F)c1ccnc(-c2ccnc(NC(=O)C3CC3)c2)c1. The van der Waals surface area contributed by atoms with Crippen molar-refractivity contribution in [3.8, 4) is 11.3 Å². The Kier molecular flexibility index (Phi) is 8.93. The third kappa shape index (κ3) is 8.44. The number of aromatic nitrogens is 2. The van der Waals surface area contributed by atoms with Crippen LogP contribution in [0.3, 0.4) is 0 Å². The fourth-order valence-electron chi connectivity index (χ4n) is 3.22. The predicted molar refractivity (Wildman–Crippen MR) is 140 cm³/mol. The van der Waals surface area contributed by atoms with Crippen molar-refractivity contribution in [3.05, 3.63) is 60.2 Å². The zero-order chi connectivity index (χ0) is 25.4. The zero-order valence-corrected chi connectivity index (χ0v) is 21.2. The first-order valence-corrected chi connectivity index (χ1v) is 13.0. The molecule has 1 saturated carbocycles. The fourth-order valence-corrected chi connectivity index (χ4v) is 3.96. The highest BCUT2D eigenvalue weighted by Gasteiger charge is 2.29. The molecule has 0 bridgehead atoms. The third-order valence-electron chi connectivity index (χ3n) is 5.34. The van der Waals surface area contributed by atoms with Crippen LogP contribution in [0.25, 0.3) is 16.6 Å². The molecule has 0 saturated heterocycles. The van der Waals surface area contributed by atoms with E-state index in [2.05, 4.69) is 25.9 Å². The Balaban J connectivity index is 1.72. The largest absolute Gasteiger partial charge is 0.403 e. The van der Waals surface area contributed by atoms with Gasteiger partial charge in [-0.25, -0.2) is 14.2 Å². The molecule has 0 aliphatic heterocycles. The second-order valence-corrected chi connectivity index (χ2v) is 9.94. The highest BCUT2D eigenvalue weighted by atomic mass is 31.1. The summed E-state index contributed by atoms with van der Waals surface area (Å²) in [7, 11) is 0.411.